The van der Waals surface area contributed by atoms with Crippen LogP contribution in [0.4, 0.5) is 5.13 Å². The monoisotopic (exact) mass is 453 g/mol. The molecule has 0 N–H and O–H groups in total. The van der Waals surface area contributed by atoms with Gasteiger partial charge in [0.25, 0.3) is 5.91 Å². The summed E-state index contributed by atoms with van der Waals surface area (Å²) in [6.45, 7) is 1.26. The zero-order chi connectivity index (χ0) is 20.9. The van der Waals surface area contributed by atoms with E-state index in [9.17, 15) is 4.79 Å². The van der Waals surface area contributed by atoms with Crippen molar-refractivity contribution < 1.29 is 9.53 Å². The molecule has 1 aromatic heterocycles. The van der Waals surface area contributed by atoms with Crippen LogP contribution in [0, 0.1) is 0 Å². The van der Waals surface area contributed by atoms with Gasteiger partial charge in [0, 0.05) is 13.1 Å². The molecule has 4 aromatic rings. The molecule has 0 aliphatic heterocycles. The summed E-state index contributed by atoms with van der Waals surface area (Å²) in [6.07, 6.45) is 0. The lowest BCUT2D eigenvalue weighted by Gasteiger charge is -2.23. The van der Waals surface area contributed by atoms with E-state index in [4.69, 9.17) is 9.72 Å². The van der Waals surface area contributed by atoms with E-state index in [0.29, 0.717) is 28.7 Å². The van der Waals surface area contributed by atoms with Gasteiger partial charge in [-0.05, 0) is 50.5 Å². The average molecular weight is 454 g/mol. The number of amides is 1. The molecule has 0 aliphatic carbocycles. The van der Waals surface area contributed by atoms with Crippen molar-refractivity contribution in [1.29, 1.82) is 0 Å². The third-order valence-corrected chi connectivity index (χ3v) is 5.68. The number of carbonyl (C=O) groups is 1. The van der Waals surface area contributed by atoms with Crippen LogP contribution in [0.1, 0.15) is 10.4 Å². The zero-order valence-corrected chi connectivity index (χ0v) is 19.0. The number of anilines is 1. The molecule has 5 nitrogen and oxygen atoms in total. The molecular formula is C24H24ClN3O2S. The predicted octanol–water partition coefficient (Wildman–Crippen LogP) is 5.72. The van der Waals surface area contributed by atoms with Crippen LogP contribution in [0.2, 0.25) is 0 Å². The van der Waals surface area contributed by atoms with Crippen molar-refractivity contribution in [2.45, 2.75) is 0 Å². The summed E-state index contributed by atoms with van der Waals surface area (Å²) in [4.78, 5) is 22.2. The Bertz CT molecular complexity index is 1110. The second-order valence-corrected chi connectivity index (χ2v) is 8.14. The van der Waals surface area contributed by atoms with E-state index in [-0.39, 0.29) is 18.3 Å². The minimum atomic E-state index is -0.123. The molecule has 0 fully saturated rings. The van der Waals surface area contributed by atoms with Gasteiger partial charge in [-0.1, -0.05) is 53.8 Å². The molecule has 4 rings (SSSR count). The van der Waals surface area contributed by atoms with Crippen LogP contribution in [0.15, 0.2) is 78.9 Å². The van der Waals surface area contributed by atoms with Gasteiger partial charge in [0.1, 0.15) is 11.5 Å². The smallest absolute Gasteiger partial charge is 0.263 e. The maximum atomic E-state index is 13.6. The van der Waals surface area contributed by atoms with Crippen molar-refractivity contribution in [2.24, 2.45) is 0 Å². The van der Waals surface area contributed by atoms with Crippen LogP contribution >= 0.6 is 23.7 Å². The van der Waals surface area contributed by atoms with Crippen molar-refractivity contribution in [2.75, 3.05) is 32.1 Å². The van der Waals surface area contributed by atoms with Crippen LogP contribution in [-0.2, 0) is 0 Å². The number of likely N-dealkylation sites (N-methyl/N-ethyl adjacent to an activating group) is 1. The number of carbonyl (C=O) groups excluding carboxylic acids is 1. The fourth-order valence-electron chi connectivity index (χ4n) is 3.05. The largest absolute Gasteiger partial charge is 0.457 e. The number of para-hydroxylation sites is 3. The molecule has 160 valence electrons. The van der Waals surface area contributed by atoms with Crippen LogP contribution in [0.3, 0.4) is 0 Å². The number of hydrogen-bond acceptors (Lipinski definition) is 5. The third-order valence-electron chi connectivity index (χ3n) is 4.62. The predicted molar refractivity (Wildman–Crippen MR) is 130 cm³/mol. The van der Waals surface area contributed by atoms with Crippen molar-refractivity contribution in [3.05, 3.63) is 84.4 Å². The summed E-state index contributed by atoms with van der Waals surface area (Å²) in [5.74, 6) is 1.10. The molecule has 0 unspecified atom stereocenters. The quantitative estimate of drug-likeness (QED) is 0.359. The normalized spacial score (nSPS) is 10.7. The minimum absolute atomic E-state index is 0. The summed E-state index contributed by atoms with van der Waals surface area (Å²) in [7, 11) is 3.99. The Morgan fingerprint density at radius 3 is 2.32 bits per heavy atom. The lowest BCUT2D eigenvalue weighted by molar-refractivity contribution is 0.0983. The molecule has 0 aliphatic rings. The molecule has 0 radical (unpaired) electrons. The Hall–Kier alpha value is -2.93. The highest BCUT2D eigenvalue weighted by Gasteiger charge is 2.24. The van der Waals surface area contributed by atoms with Crippen LogP contribution in [-0.4, -0.2) is 43.0 Å². The van der Waals surface area contributed by atoms with E-state index in [2.05, 4.69) is 4.90 Å². The molecular weight excluding hydrogens is 430 g/mol. The summed E-state index contributed by atoms with van der Waals surface area (Å²) in [5.41, 5.74) is 1.41. The third kappa shape index (κ3) is 5.41. The van der Waals surface area contributed by atoms with Gasteiger partial charge < -0.3 is 9.64 Å². The Morgan fingerprint density at radius 2 is 1.58 bits per heavy atom. The van der Waals surface area contributed by atoms with Crippen LogP contribution in [0.5, 0.6) is 11.5 Å². The molecule has 0 spiro atoms. The number of ether oxygens (including phenoxy) is 1. The van der Waals surface area contributed by atoms with E-state index < -0.39 is 0 Å². The van der Waals surface area contributed by atoms with E-state index in [1.165, 1.54) is 11.3 Å². The first-order valence-electron chi connectivity index (χ1n) is 9.76. The van der Waals surface area contributed by atoms with Gasteiger partial charge in [0.2, 0.25) is 0 Å². The average Bonchev–Trinajstić information content (AvgIpc) is 3.18. The first kappa shape index (κ1) is 22.7. The molecule has 0 bridgehead atoms. The van der Waals surface area contributed by atoms with Gasteiger partial charge in [0.05, 0.1) is 15.8 Å². The molecule has 0 atom stereocenters. The number of thiazole rings is 1. The Labute approximate surface area is 192 Å². The van der Waals surface area contributed by atoms with E-state index >= 15 is 0 Å². The number of benzene rings is 3. The van der Waals surface area contributed by atoms with Crippen LogP contribution < -0.4 is 9.64 Å². The molecule has 31 heavy (non-hydrogen) atoms. The van der Waals surface area contributed by atoms with Crippen LogP contribution in [0.25, 0.3) is 10.2 Å². The summed E-state index contributed by atoms with van der Waals surface area (Å²) >= 11 is 1.52. The van der Waals surface area contributed by atoms with Crippen molar-refractivity contribution in [3.63, 3.8) is 0 Å². The van der Waals surface area contributed by atoms with Gasteiger partial charge in [-0.2, -0.15) is 0 Å². The first-order chi connectivity index (χ1) is 14.6. The van der Waals surface area contributed by atoms with Gasteiger partial charge in [-0.15, -0.1) is 12.4 Å². The lowest BCUT2D eigenvalue weighted by atomic mass is 10.1. The number of halogens is 1. The van der Waals surface area contributed by atoms with Gasteiger partial charge >= 0.3 is 0 Å². The summed E-state index contributed by atoms with van der Waals surface area (Å²) in [5, 5.41) is 0.692. The highest BCUT2D eigenvalue weighted by atomic mass is 35.5. The molecule has 7 heteroatoms. The molecule has 0 saturated heterocycles. The Kier molecular flexibility index (Phi) is 7.63. The Balaban J connectivity index is 0.00000272. The topological polar surface area (TPSA) is 45.7 Å². The number of nitrogens with zero attached hydrogens (tertiary/aromatic N) is 3. The number of rotatable bonds is 7. The number of aromatic nitrogens is 1. The molecule has 1 heterocycles. The second-order valence-electron chi connectivity index (χ2n) is 7.14. The fraction of sp³-hybridized carbons (Fsp3) is 0.167. The maximum Gasteiger partial charge on any atom is 0.263 e. The van der Waals surface area contributed by atoms with E-state index in [1.54, 1.807) is 11.0 Å². The number of hydrogen-bond donors (Lipinski definition) is 0. The standard InChI is InChI=1S/C24H23N3O2S.ClH/c1-26(2)16-17-27(24-25-20-13-7-9-15-22(20)30-24)23(28)19-12-6-8-14-21(19)29-18-10-4-3-5-11-18;/h3-15H,16-17H2,1-2H3;1H. The fourth-order valence-corrected chi connectivity index (χ4v) is 4.04. The highest BCUT2D eigenvalue weighted by molar-refractivity contribution is 7.22. The summed E-state index contributed by atoms with van der Waals surface area (Å²) in [6, 6.07) is 24.8. The zero-order valence-electron chi connectivity index (χ0n) is 17.4. The van der Waals surface area contributed by atoms with E-state index in [0.717, 1.165) is 16.8 Å². The lowest BCUT2D eigenvalue weighted by Crippen LogP contribution is -2.36. The molecule has 3 aromatic carbocycles. The maximum absolute atomic E-state index is 13.6. The number of fused-ring (bicyclic) bond motifs is 1. The minimum Gasteiger partial charge on any atom is -0.457 e. The SMILES string of the molecule is CN(C)CCN(C(=O)c1ccccc1Oc1ccccc1)c1nc2ccccc2s1.Cl. The van der Waals surface area contributed by atoms with Crippen molar-refractivity contribution >= 4 is 45.0 Å². The van der Waals surface area contributed by atoms with Gasteiger partial charge in [-0.25, -0.2) is 4.98 Å². The first-order valence-corrected chi connectivity index (χ1v) is 10.6. The van der Waals surface area contributed by atoms with E-state index in [1.807, 2.05) is 86.9 Å². The van der Waals surface area contributed by atoms with Crippen molar-refractivity contribution in [3.8, 4) is 11.5 Å². The van der Waals surface area contributed by atoms with Crippen molar-refractivity contribution in [1.82, 2.24) is 9.88 Å². The molecule has 0 saturated carbocycles. The Morgan fingerprint density at radius 1 is 0.903 bits per heavy atom. The molecule has 1 amide bonds. The second kappa shape index (κ2) is 10.4. The van der Waals surface area contributed by atoms with Gasteiger partial charge in [0.15, 0.2) is 5.13 Å². The summed E-state index contributed by atoms with van der Waals surface area (Å²) < 4.78 is 7.09. The highest BCUT2D eigenvalue weighted by Crippen LogP contribution is 2.32. The van der Waals surface area contributed by atoms with Gasteiger partial charge in [-0.3, -0.25) is 9.69 Å².